The first-order chi connectivity index (χ1) is 29.8. The molecule has 0 aromatic heterocycles. The number of fused-ring (bicyclic) bond motifs is 3. The summed E-state index contributed by atoms with van der Waals surface area (Å²) in [6.07, 6.45) is 6.47. The number of carbonyl (C=O) groups excluding carboxylic acids is 5. The first kappa shape index (κ1) is 51.0. The molecule has 2 aliphatic carbocycles. The number of aliphatic hydroxyl groups excluding tert-OH is 1. The maximum absolute atomic E-state index is 14.5. The van der Waals surface area contributed by atoms with Gasteiger partial charge in [0.25, 0.3) is 11.7 Å². The van der Waals surface area contributed by atoms with E-state index in [1.54, 1.807) is 13.8 Å². The molecule has 14 heteroatoms. The molecule has 0 aromatic carbocycles. The largest absolute Gasteiger partial charge is 0.456 e. The standard InChI is InChI=1S/C49H78N2O12/c1-11-34-21-28(4)20-29(5)22-41(59-9)44-42(60-10)24-31(7)49(58,63-44)45(54)47(56)51-19-13-12-14-37(51)48(57)62-43(32(8)38(52)26-39(34)53)30(6)23-33-15-18-36(40(25-33)61-27(2)3)50-46(55)35-16-17-35/h21,23,27,29,31-38,40-44,52,58H,11-20,22,24-26H2,1-10H3,(H,50,55). The number of amides is 2. The summed E-state index contributed by atoms with van der Waals surface area (Å²) in [4.78, 5) is 71.1. The van der Waals surface area contributed by atoms with Crippen molar-refractivity contribution in [1.29, 1.82) is 0 Å². The molecule has 0 radical (unpaired) electrons. The Hall–Kier alpha value is -3.01. The van der Waals surface area contributed by atoms with Crippen molar-refractivity contribution in [3.8, 4) is 0 Å². The summed E-state index contributed by atoms with van der Waals surface area (Å²) in [5.41, 5.74) is 1.68. The first-order valence-electron chi connectivity index (χ1n) is 23.8. The van der Waals surface area contributed by atoms with Gasteiger partial charge in [0.2, 0.25) is 11.7 Å². The van der Waals surface area contributed by atoms with Gasteiger partial charge in [-0.05, 0) is 122 Å². The van der Waals surface area contributed by atoms with E-state index < -0.39 is 77.8 Å². The monoisotopic (exact) mass is 887 g/mol. The molecule has 3 heterocycles. The number of carbonyl (C=O) groups is 5. The lowest BCUT2D eigenvalue weighted by Gasteiger charge is -2.47. The second-order valence-electron chi connectivity index (χ2n) is 19.9. The molecule has 4 fully saturated rings. The van der Waals surface area contributed by atoms with Gasteiger partial charge in [0.05, 0.1) is 36.6 Å². The van der Waals surface area contributed by atoms with Crippen LogP contribution < -0.4 is 5.32 Å². The lowest BCUT2D eigenvalue weighted by atomic mass is 9.80. The molecule has 14 nitrogen and oxygen atoms in total. The fraction of sp³-hybridized carbons (Fsp3) is 0.816. The molecule has 2 saturated carbocycles. The van der Waals surface area contributed by atoms with Gasteiger partial charge in [0.15, 0.2) is 0 Å². The zero-order valence-electron chi connectivity index (χ0n) is 39.6. The Kier molecular flexibility index (Phi) is 18.2. The molecule has 14 atom stereocenters. The summed E-state index contributed by atoms with van der Waals surface area (Å²) >= 11 is 0. The fourth-order valence-corrected chi connectivity index (χ4v) is 10.5. The number of allylic oxidation sites excluding steroid dienone is 3. The number of rotatable bonds is 9. The van der Waals surface area contributed by atoms with Crippen molar-refractivity contribution in [2.75, 3.05) is 20.8 Å². The molecule has 63 heavy (non-hydrogen) atoms. The van der Waals surface area contributed by atoms with Crippen LogP contribution in [0.3, 0.4) is 0 Å². The summed E-state index contributed by atoms with van der Waals surface area (Å²) < 4.78 is 30.8. The molecule has 2 bridgehead atoms. The molecule has 0 spiro atoms. The molecule has 5 aliphatic rings. The van der Waals surface area contributed by atoms with Crippen LogP contribution >= 0.6 is 0 Å². The normalized spacial score (nSPS) is 38.6. The average Bonchev–Trinajstić information content (AvgIpc) is 4.10. The van der Waals surface area contributed by atoms with E-state index in [1.165, 1.54) is 19.1 Å². The highest BCUT2D eigenvalue weighted by atomic mass is 16.7. The van der Waals surface area contributed by atoms with Crippen LogP contribution in [0.15, 0.2) is 23.3 Å². The van der Waals surface area contributed by atoms with E-state index in [2.05, 4.69) is 18.3 Å². The molecule has 14 unspecified atom stereocenters. The van der Waals surface area contributed by atoms with Crippen molar-refractivity contribution in [2.24, 2.45) is 35.5 Å². The van der Waals surface area contributed by atoms with Crippen molar-refractivity contribution >= 4 is 29.4 Å². The lowest BCUT2D eigenvalue weighted by molar-refractivity contribution is -0.302. The molecule has 3 aliphatic heterocycles. The molecule has 5 rings (SSSR count). The van der Waals surface area contributed by atoms with Gasteiger partial charge >= 0.3 is 5.97 Å². The van der Waals surface area contributed by atoms with Gasteiger partial charge in [-0.1, -0.05) is 45.4 Å². The van der Waals surface area contributed by atoms with Crippen LogP contribution in [0.4, 0.5) is 0 Å². The van der Waals surface area contributed by atoms with Crippen molar-refractivity contribution in [1.82, 2.24) is 10.2 Å². The van der Waals surface area contributed by atoms with E-state index in [-0.39, 0.29) is 73.5 Å². The molecular weight excluding hydrogens is 809 g/mol. The Morgan fingerprint density at radius 3 is 2.29 bits per heavy atom. The zero-order valence-corrected chi connectivity index (χ0v) is 39.6. The minimum atomic E-state index is -2.51. The first-order valence-corrected chi connectivity index (χ1v) is 23.8. The zero-order chi connectivity index (χ0) is 46.3. The lowest BCUT2D eigenvalue weighted by Crippen LogP contribution is -2.64. The average molecular weight is 887 g/mol. The third-order valence-electron chi connectivity index (χ3n) is 14.3. The fourth-order valence-electron chi connectivity index (χ4n) is 10.5. The molecule has 3 N–H and O–H groups in total. The maximum atomic E-state index is 14.5. The Morgan fingerprint density at radius 2 is 1.65 bits per heavy atom. The Bertz CT molecular complexity index is 1680. The second kappa shape index (κ2) is 22.5. The smallest absolute Gasteiger partial charge is 0.329 e. The molecule has 0 aromatic rings. The number of esters is 1. The summed E-state index contributed by atoms with van der Waals surface area (Å²) in [5, 5.41) is 27.2. The number of cyclic esters (lactones) is 1. The summed E-state index contributed by atoms with van der Waals surface area (Å²) in [6.45, 7) is 15.3. The topological polar surface area (TPSA) is 187 Å². The minimum Gasteiger partial charge on any atom is -0.456 e. The van der Waals surface area contributed by atoms with Gasteiger partial charge in [-0.15, -0.1) is 0 Å². The van der Waals surface area contributed by atoms with Crippen molar-refractivity contribution in [3.05, 3.63) is 23.3 Å². The minimum absolute atomic E-state index is 0.000430. The van der Waals surface area contributed by atoms with E-state index in [4.69, 9.17) is 23.7 Å². The van der Waals surface area contributed by atoms with Gasteiger partial charge in [-0.25, -0.2) is 4.79 Å². The van der Waals surface area contributed by atoms with E-state index in [9.17, 15) is 34.2 Å². The Balaban J connectivity index is 1.50. The number of ether oxygens (including phenoxy) is 5. The maximum Gasteiger partial charge on any atom is 0.329 e. The van der Waals surface area contributed by atoms with E-state index >= 15 is 0 Å². The quantitative estimate of drug-likeness (QED) is 0.144. The van der Waals surface area contributed by atoms with Gasteiger partial charge in [-0.3, -0.25) is 19.2 Å². The van der Waals surface area contributed by atoms with Gasteiger partial charge in [0.1, 0.15) is 24.0 Å². The van der Waals surface area contributed by atoms with Crippen LogP contribution in [-0.2, 0) is 47.7 Å². The van der Waals surface area contributed by atoms with Crippen LogP contribution in [-0.4, -0.2) is 126 Å². The number of aliphatic hydroxyl groups is 2. The predicted molar refractivity (Wildman–Crippen MR) is 236 cm³/mol. The highest BCUT2D eigenvalue weighted by Crippen LogP contribution is 2.40. The molecule has 2 amide bonds. The molecule has 2 saturated heterocycles. The Labute approximate surface area is 375 Å². The van der Waals surface area contributed by atoms with Gasteiger partial charge in [0, 0.05) is 50.9 Å². The van der Waals surface area contributed by atoms with Gasteiger partial charge < -0.3 is 44.1 Å². The second-order valence-corrected chi connectivity index (χ2v) is 19.9. The van der Waals surface area contributed by atoms with E-state index in [1.807, 2.05) is 40.7 Å². The summed E-state index contributed by atoms with van der Waals surface area (Å²) in [6, 6.07) is -1.27. The van der Waals surface area contributed by atoms with E-state index in [0.29, 0.717) is 50.5 Å². The highest BCUT2D eigenvalue weighted by Gasteiger charge is 2.56. The number of Topliss-reactive ketones (excluding diaryl/α,β-unsaturated/α-hetero) is 2. The number of nitrogens with one attached hydrogen (secondary N) is 1. The summed E-state index contributed by atoms with van der Waals surface area (Å²) in [7, 11) is 3.07. The van der Waals surface area contributed by atoms with Crippen molar-refractivity contribution in [2.45, 2.75) is 199 Å². The third kappa shape index (κ3) is 12.7. The number of ketones is 2. The van der Waals surface area contributed by atoms with Crippen LogP contribution in [0.25, 0.3) is 0 Å². The number of methoxy groups -OCH3 is 2. The number of hydrogen-bond donors (Lipinski definition) is 3. The van der Waals surface area contributed by atoms with Gasteiger partial charge in [-0.2, -0.15) is 0 Å². The number of hydrogen-bond acceptors (Lipinski definition) is 12. The van der Waals surface area contributed by atoms with Crippen LogP contribution in [0.1, 0.15) is 139 Å². The number of piperidine rings is 1. The number of nitrogens with zero attached hydrogens (tertiary/aromatic N) is 1. The van der Waals surface area contributed by atoms with Crippen LogP contribution in [0.5, 0.6) is 0 Å². The SMILES string of the molecule is CCC1C=C(C)CC(C)CC(OC)C2OC(O)(C(=O)C(=O)N3CCCCC3C(=O)OC(C(C)=CC3CCC(NC(=O)C4CC4)C(OC(C)C)C3)C(C)C(O)CC1=O)C(C)CC2OC. The van der Waals surface area contributed by atoms with Crippen LogP contribution in [0, 0.1) is 35.5 Å². The van der Waals surface area contributed by atoms with Crippen molar-refractivity contribution < 1.29 is 57.9 Å². The van der Waals surface area contributed by atoms with Crippen molar-refractivity contribution in [3.63, 3.8) is 0 Å². The Morgan fingerprint density at radius 1 is 0.968 bits per heavy atom. The van der Waals surface area contributed by atoms with Crippen LogP contribution in [0.2, 0.25) is 0 Å². The molecular formula is C49H78N2O12. The van der Waals surface area contributed by atoms with E-state index in [0.717, 1.165) is 24.8 Å². The molecule has 356 valence electrons. The summed E-state index contributed by atoms with van der Waals surface area (Å²) in [5.74, 6) is -7.39. The highest BCUT2D eigenvalue weighted by molar-refractivity contribution is 6.39. The predicted octanol–water partition coefficient (Wildman–Crippen LogP) is 5.79. The third-order valence-corrected chi connectivity index (χ3v) is 14.3.